The molecule has 0 amide bonds. The number of fused-ring (bicyclic) bond motifs is 6. The molecule has 0 spiro atoms. The Bertz CT molecular complexity index is 2100. The summed E-state index contributed by atoms with van der Waals surface area (Å²) in [6.45, 7) is 0. The highest BCUT2D eigenvalue weighted by Gasteiger charge is 2.19. The molecule has 152 valence electrons. The Balaban J connectivity index is 1.53. The van der Waals surface area contributed by atoms with E-state index in [0.29, 0.717) is 0 Å². The predicted molar refractivity (Wildman–Crippen MR) is 138 cm³/mol. The van der Waals surface area contributed by atoms with E-state index in [1.54, 1.807) is 0 Å². The van der Waals surface area contributed by atoms with Gasteiger partial charge in [-0.15, -0.1) is 0 Å². The molecule has 0 bridgehead atoms. The molecule has 1 heterocycles. The fourth-order valence-electron chi connectivity index (χ4n) is 5.76. The maximum absolute atomic E-state index is 13.1. The second-order valence-corrected chi connectivity index (χ2v) is 8.83. The van der Waals surface area contributed by atoms with Crippen LogP contribution in [0.4, 0.5) is 0 Å². The Hall–Kier alpha value is -4.43. The molecule has 0 aliphatic carbocycles. The topological polar surface area (TPSA) is 30.2 Å². The van der Waals surface area contributed by atoms with Crippen molar-refractivity contribution in [2.24, 2.45) is 0 Å². The summed E-state index contributed by atoms with van der Waals surface area (Å²) in [7, 11) is 0. The van der Waals surface area contributed by atoms with Crippen LogP contribution in [0.1, 0.15) is 0 Å². The lowest BCUT2D eigenvalue weighted by Crippen LogP contribution is -1.92. The third-order valence-electron chi connectivity index (χ3n) is 7.18. The SMILES string of the molecule is O=c1c2cccc3c4ccc(-c5cccc6c5oc5ccccc56)cc4c4cccc1c4c23. The highest BCUT2D eigenvalue weighted by molar-refractivity contribution is 6.35. The molecule has 8 aromatic rings. The third-order valence-corrected chi connectivity index (χ3v) is 7.18. The summed E-state index contributed by atoms with van der Waals surface area (Å²) in [5.74, 6) is 0. The van der Waals surface area contributed by atoms with Gasteiger partial charge in [0.2, 0.25) is 0 Å². The monoisotopic (exact) mass is 420 g/mol. The standard InChI is InChI=1S/C31H16O2/c32-30-24-11-4-8-21-19-15-14-17(16-26(19)22-9-5-12-25(30)29(22)28(21)24)18-7-3-10-23-20-6-1-2-13-27(20)33-31(18)23/h1-16H. The highest BCUT2D eigenvalue weighted by atomic mass is 16.3. The van der Waals surface area contributed by atoms with Crippen LogP contribution < -0.4 is 5.43 Å². The van der Waals surface area contributed by atoms with E-state index in [0.717, 1.165) is 70.8 Å². The van der Waals surface area contributed by atoms with Crippen LogP contribution in [0.2, 0.25) is 0 Å². The second-order valence-electron chi connectivity index (χ2n) is 8.83. The summed E-state index contributed by atoms with van der Waals surface area (Å²) in [6.07, 6.45) is 0. The van der Waals surface area contributed by atoms with Gasteiger partial charge < -0.3 is 4.42 Å². The van der Waals surface area contributed by atoms with Gasteiger partial charge in [0.15, 0.2) is 5.43 Å². The summed E-state index contributed by atoms with van der Waals surface area (Å²) in [4.78, 5) is 13.1. The van der Waals surface area contributed by atoms with Crippen LogP contribution >= 0.6 is 0 Å². The Kier molecular flexibility index (Phi) is 3.05. The van der Waals surface area contributed by atoms with Crippen LogP contribution in [0.5, 0.6) is 0 Å². The van der Waals surface area contributed by atoms with E-state index in [4.69, 9.17) is 4.42 Å². The van der Waals surface area contributed by atoms with Gasteiger partial charge >= 0.3 is 0 Å². The van der Waals surface area contributed by atoms with Gasteiger partial charge in [-0.2, -0.15) is 0 Å². The van der Waals surface area contributed by atoms with Crippen molar-refractivity contribution in [2.45, 2.75) is 0 Å². The lowest BCUT2D eigenvalue weighted by molar-refractivity contribution is 0.670. The molecule has 0 fully saturated rings. The molecular weight excluding hydrogens is 404 g/mol. The lowest BCUT2D eigenvalue weighted by Gasteiger charge is -2.11. The van der Waals surface area contributed by atoms with Crippen molar-refractivity contribution in [3.8, 4) is 11.1 Å². The summed E-state index contributed by atoms with van der Waals surface area (Å²) in [5, 5.41) is 10.7. The number of para-hydroxylation sites is 2. The van der Waals surface area contributed by atoms with Crippen molar-refractivity contribution in [1.29, 1.82) is 0 Å². The van der Waals surface area contributed by atoms with E-state index in [1.807, 2.05) is 42.5 Å². The van der Waals surface area contributed by atoms with Gasteiger partial charge in [0.05, 0.1) is 0 Å². The van der Waals surface area contributed by atoms with E-state index in [1.165, 1.54) is 5.39 Å². The third kappa shape index (κ3) is 2.06. The molecule has 0 aliphatic rings. The average molecular weight is 420 g/mol. The molecule has 0 aliphatic heterocycles. The van der Waals surface area contributed by atoms with Gasteiger partial charge in [0.25, 0.3) is 0 Å². The second kappa shape index (κ2) is 5.87. The van der Waals surface area contributed by atoms with E-state index >= 15 is 0 Å². The summed E-state index contributed by atoms with van der Waals surface area (Å²) in [5.41, 5.74) is 4.13. The molecule has 33 heavy (non-hydrogen) atoms. The molecule has 0 radical (unpaired) electrons. The Morgan fingerprint density at radius 3 is 1.94 bits per heavy atom. The minimum atomic E-state index is 0.128. The first-order chi connectivity index (χ1) is 16.3. The number of hydrogen-bond donors (Lipinski definition) is 0. The van der Waals surface area contributed by atoms with Crippen molar-refractivity contribution < 1.29 is 4.42 Å². The number of hydrogen-bond acceptors (Lipinski definition) is 2. The zero-order valence-corrected chi connectivity index (χ0v) is 17.6. The van der Waals surface area contributed by atoms with Crippen molar-refractivity contribution in [3.63, 3.8) is 0 Å². The first-order valence-corrected chi connectivity index (χ1v) is 11.2. The van der Waals surface area contributed by atoms with Gasteiger partial charge in [-0.05, 0) is 39.2 Å². The average Bonchev–Trinajstić information content (AvgIpc) is 3.39. The molecule has 0 saturated carbocycles. The zero-order chi connectivity index (χ0) is 21.7. The van der Waals surface area contributed by atoms with Crippen molar-refractivity contribution in [1.82, 2.24) is 0 Å². The smallest absolute Gasteiger partial charge is 0.194 e. The van der Waals surface area contributed by atoms with Crippen LogP contribution in [-0.4, -0.2) is 0 Å². The van der Waals surface area contributed by atoms with Crippen LogP contribution in [-0.2, 0) is 0 Å². The van der Waals surface area contributed by atoms with E-state index in [9.17, 15) is 4.79 Å². The molecule has 1 aromatic heterocycles. The van der Waals surface area contributed by atoms with E-state index in [-0.39, 0.29) is 5.43 Å². The Labute approximate surface area is 188 Å². The molecule has 0 unspecified atom stereocenters. The highest BCUT2D eigenvalue weighted by Crippen LogP contribution is 2.42. The van der Waals surface area contributed by atoms with Gasteiger partial charge in [0, 0.05) is 37.9 Å². The van der Waals surface area contributed by atoms with Gasteiger partial charge in [-0.25, -0.2) is 0 Å². The van der Waals surface area contributed by atoms with Crippen LogP contribution in [0.25, 0.3) is 76.2 Å². The fraction of sp³-hybridized carbons (Fsp3) is 0. The normalized spacial score (nSPS) is 12.4. The van der Waals surface area contributed by atoms with Gasteiger partial charge in [0.1, 0.15) is 11.2 Å². The summed E-state index contributed by atoms with van der Waals surface area (Å²) < 4.78 is 6.30. The summed E-state index contributed by atoms with van der Waals surface area (Å²) >= 11 is 0. The summed E-state index contributed by atoms with van der Waals surface area (Å²) in [6, 6.07) is 33.3. The van der Waals surface area contributed by atoms with Gasteiger partial charge in [-0.3, -0.25) is 4.79 Å². The van der Waals surface area contributed by atoms with Crippen molar-refractivity contribution in [3.05, 3.63) is 107 Å². The van der Waals surface area contributed by atoms with Crippen LogP contribution in [0.15, 0.2) is 106 Å². The quantitative estimate of drug-likeness (QED) is 0.251. The number of furan rings is 1. The molecular formula is C31H16O2. The maximum Gasteiger partial charge on any atom is 0.194 e. The Morgan fingerprint density at radius 2 is 1.12 bits per heavy atom. The van der Waals surface area contributed by atoms with Gasteiger partial charge in [-0.1, -0.05) is 84.9 Å². The Morgan fingerprint density at radius 1 is 0.485 bits per heavy atom. The van der Waals surface area contributed by atoms with Crippen molar-refractivity contribution >= 4 is 65.0 Å². The predicted octanol–water partition coefficient (Wildman–Crippen LogP) is 8.10. The fourth-order valence-corrected chi connectivity index (χ4v) is 5.76. The van der Waals surface area contributed by atoms with Crippen LogP contribution in [0.3, 0.4) is 0 Å². The molecule has 2 nitrogen and oxygen atoms in total. The van der Waals surface area contributed by atoms with E-state index in [2.05, 4.69) is 54.6 Å². The molecule has 8 rings (SSSR count). The first-order valence-electron chi connectivity index (χ1n) is 11.2. The number of rotatable bonds is 1. The van der Waals surface area contributed by atoms with Crippen molar-refractivity contribution in [2.75, 3.05) is 0 Å². The molecule has 0 atom stereocenters. The van der Waals surface area contributed by atoms with Crippen LogP contribution in [0, 0.1) is 0 Å². The molecule has 7 aromatic carbocycles. The molecule has 0 saturated heterocycles. The minimum Gasteiger partial charge on any atom is -0.455 e. The maximum atomic E-state index is 13.1. The number of benzene rings is 6. The molecule has 0 N–H and O–H groups in total. The van der Waals surface area contributed by atoms with E-state index < -0.39 is 0 Å². The lowest BCUT2D eigenvalue weighted by atomic mass is 9.92. The largest absolute Gasteiger partial charge is 0.455 e. The minimum absolute atomic E-state index is 0.128. The zero-order valence-electron chi connectivity index (χ0n) is 17.6. The first kappa shape index (κ1) is 17.2. The molecule has 2 heteroatoms.